The summed E-state index contributed by atoms with van der Waals surface area (Å²) in [5.41, 5.74) is -0.119. The molecule has 2 aromatic rings. The van der Waals surface area contributed by atoms with Crippen molar-refractivity contribution < 1.29 is 22.7 Å². The normalized spacial score (nSPS) is 19.7. The van der Waals surface area contributed by atoms with Crippen LogP contribution in [0.15, 0.2) is 36.7 Å². The molecular weight excluding hydrogens is 409 g/mol. The highest BCUT2D eigenvalue weighted by Gasteiger charge is 2.36. The van der Waals surface area contributed by atoms with Gasteiger partial charge in [-0.25, -0.2) is 9.97 Å². The molecule has 1 aromatic heterocycles. The van der Waals surface area contributed by atoms with Crippen LogP contribution >= 0.6 is 11.6 Å². The predicted octanol–water partition coefficient (Wildman–Crippen LogP) is 4.38. The number of carbonyl (C=O) groups is 1. The monoisotopic (exact) mass is 428 g/mol. The van der Waals surface area contributed by atoms with E-state index in [0.29, 0.717) is 24.1 Å². The molecule has 2 heterocycles. The van der Waals surface area contributed by atoms with Crippen molar-refractivity contribution in [2.75, 3.05) is 18.4 Å². The van der Waals surface area contributed by atoms with Crippen molar-refractivity contribution >= 4 is 23.5 Å². The van der Waals surface area contributed by atoms with Crippen molar-refractivity contribution in [2.24, 2.45) is 5.92 Å². The first kappa shape index (κ1) is 21.2. The zero-order chi connectivity index (χ0) is 21.0. The topological polar surface area (TPSA) is 67.3 Å². The number of halogens is 4. The van der Waals surface area contributed by atoms with E-state index in [1.54, 1.807) is 4.90 Å². The Morgan fingerprint density at radius 3 is 2.69 bits per heavy atom. The number of hydrogen-bond acceptors (Lipinski definition) is 5. The lowest BCUT2D eigenvalue weighted by Gasteiger charge is -2.40. The first-order valence-corrected chi connectivity index (χ1v) is 9.49. The number of amides is 1. The lowest BCUT2D eigenvalue weighted by atomic mass is 9.90. The molecule has 0 radical (unpaired) electrons. The Balaban J connectivity index is 1.79. The molecule has 2 atom stereocenters. The number of aromatic nitrogens is 2. The molecule has 1 fully saturated rings. The number of benzene rings is 1. The van der Waals surface area contributed by atoms with Crippen LogP contribution in [0, 0.1) is 5.92 Å². The first-order chi connectivity index (χ1) is 13.7. The van der Waals surface area contributed by atoms with Crippen molar-refractivity contribution in [2.45, 2.75) is 32.2 Å². The van der Waals surface area contributed by atoms with Gasteiger partial charge in [0, 0.05) is 13.1 Å². The van der Waals surface area contributed by atoms with E-state index < -0.39 is 18.0 Å². The zero-order valence-electron chi connectivity index (χ0n) is 15.6. The van der Waals surface area contributed by atoms with E-state index in [1.807, 2.05) is 6.92 Å². The van der Waals surface area contributed by atoms with Gasteiger partial charge in [0.15, 0.2) is 0 Å². The Morgan fingerprint density at radius 1 is 1.31 bits per heavy atom. The van der Waals surface area contributed by atoms with Crippen molar-refractivity contribution in [3.05, 3.63) is 47.2 Å². The lowest BCUT2D eigenvalue weighted by molar-refractivity contribution is -0.274. The Labute approximate surface area is 171 Å². The Hall–Kier alpha value is -2.55. The predicted molar refractivity (Wildman–Crippen MR) is 102 cm³/mol. The van der Waals surface area contributed by atoms with Crippen LogP contribution in [0.2, 0.25) is 5.02 Å². The van der Waals surface area contributed by atoms with E-state index >= 15 is 0 Å². The van der Waals surface area contributed by atoms with E-state index in [2.05, 4.69) is 20.0 Å². The van der Waals surface area contributed by atoms with Gasteiger partial charge in [0.05, 0.1) is 29.0 Å². The number of hydrogen-bond donors (Lipinski definition) is 1. The maximum Gasteiger partial charge on any atom is 0.573 e. The van der Waals surface area contributed by atoms with Crippen LogP contribution in [0.25, 0.3) is 0 Å². The summed E-state index contributed by atoms with van der Waals surface area (Å²) in [5, 5.41) is 3.48. The Bertz CT molecular complexity index is 848. The minimum Gasteiger partial charge on any atom is -0.405 e. The molecule has 1 aliphatic rings. The molecule has 1 aromatic carbocycles. The molecule has 3 rings (SSSR count). The second kappa shape index (κ2) is 8.86. The van der Waals surface area contributed by atoms with Gasteiger partial charge >= 0.3 is 6.36 Å². The molecule has 1 aliphatic heterocycles. The van der Waals surface area contributed by atoms with E-state index in [-0.39, 0.29) is 17.5 Å². The summed E-state index contributed by atoms with van der Waals surface area (Å²) in [5.74, 6) is -0.500. The molecule has 1 amide bonds. The van der Waals surface area contributed by atoms with Gasteiger partial charge in [-0.15, -0.1) is 13.2 Å². The van der Waals surface area contributed by atoms with Gasteiger partial charge in [-0.3, -0.25) is 4.79 Å². The van der Waals surface area contributed by atoms with Crippen molar-refractivity contribution in [3.8, 4) is 5.75 Å². The van der Waals surface area contributed by atoms with E-state index in [0.717, 1.165) is 18.9 Å². The van der Waals surface area contributed by atoms with Crippen molar-refractivity contribution in [1.29, 1.82) is 0 Å². The van der Waals surface area contributed by atoms with Gasteiger partial charge in [-0.1, -0.05) is 30.7 Å². The minimum absolute atomic E-state index is 0.119. The summed E-state index contributed by atoms with van der Waals surface area (Å²) in [6.07, 6.45) is -0.302. The molecule has 0 spiro atoms. The molecule has 0 saturated carbocycles. The number of anilines is 1. The molecule has 1 saturated heterocycles. The molecular formula is C19H20ClF3N4O2. The van der Waals surface area contributed by atoms with Gasteiger partial charge < -0.3 is 15.0 Å². The molecule has 0 aliphatic carbocycles. The fourth-order valence-electron chi connectivity index (χ4n) is 3.42. The number of rotatable bonds is 5. The summed E-state index contributed by atoms with van der Waals surface area (Å²) in [7, 11) is 0. The number of piperidine rings is 1. The second-order valence-electron chi connectivity index (χ2n) is 6.84. The summed E-state index contributed by atoms with van der Waals surface area (Å²) in [4.78, 5) is 22.8. The smallest absolute Gasteiger partial charge is 0.405 e. The standard InChI is InChI=1S/C19H20ClF3N4O2/c1-12-5-4-8-27(15(12)11-26-18-24-9-13(20)10-25-18)17(28)14-6-2-3-7-16(14)29-19(21,22)23/h2-3,6-7,9-10,12,15H,4-5,8,11H2,1H3,(H,24,25,26)/t12-,15-/m0/s1. The van der Waals surface area contributed by atoms with E-state index in [1.165, 1.54) is 30.6 Å². The van der Waals surface area contributed by atoms with Crippen LogP contribution in [-0.4, -0.2) is 46.3 Å². The van der Waals surface area contributed by atoms with Crippen molar-refractivity contribution in [1.82, 2.24) is 14.9 Å². The van der Waals surface area contributed by atoms with Crippen LogP contribution in [-0.2, 0) is 0 Å². The van der Waals surface area contributed by atoms with Gasteiger partial charge in [0.2, 0.25) is 5.95 Å². The average Bonchev–Trinajstić information content (AvgIpc) is 2.67. The number of para-hydroxylation sites is 1. The number of carbonyl (C=O) groups excluding carboxylic acids is 1. The van der Waals surface area contributed by atoms with Gasteiger partial charge in [-0.2, -0.15) is 0 Å². The number of nitrogens with one attached hydrogen (secondary N) is 1. The highest BCUT2D eigenvalue weighted by molar-refractivity contribution is 6.30. The number of nitrogens with zero attached hydrogens (tertiary/aromatic N) is 3. The van der Waals surface area contributed by atoms with Crippen LogP contribution in [0.3, 0.4) is 0 Å². The molecule has 0 unspecified atom stereocenters. The van der Waals surface area contributed by atoms with Crippen LogP contribution < -0.4 is 10.1 Å². The SMILES string of the molecule is C[C@H]1CCCN(C(=O)c2ccccc2OC(F)(F)F)[C@H]1CNc1ncc(Cl)cn1. The molecule has 156 valence electrons. The maximum absolute atomic E-state index is 13.1. The quantitative estimate of drug-likeness (QED) is 0.765. The first-order valence-electron chi connectivity index (χ1n) is 9.12. The second-order valence-corrected chi connectivity index (χ2v) is 7.27. The third-order valence-corrected chi connectivity index (χ3v) is 5.00. The van der Waals surface area contributed by atoms with E-state index in [9.17, 15) is 18.0 Å². The largest absolute Gasteiger partial charge is 0.573 e. The number of ether oxygens (including phenoxy) is 1. The summed E-state index contributed by atoms with van der Waals surface area (Å²) in [6, 6.07) is 5.15. The molecule has 29 heavy (non-hydrogen) atoms. The number of alkyl halides is 3. The van der Waals surface area contributed by atoms with Crippen LogP contribution in [0.5, 0.6) is 5.75 Å². The summed E-state index contributed by atoms with van der Waals surface area (Å²) >= 11 is 5.78. The fraction of sp³-hybridized carbons (Fsp3) is 0.421. The molecule has 1 N–H and O–H groups in total. The molecule has 6 nitrogen and oxygen atoms in total. The molecule has 10 heteroatoms. The third-order valence-electron chi connectivity index (χ3n) is 4.81. The van der Waals surface area contributed by atoms with Gasteiger partial charge in [-0.05, 0) is 30.9 Å². The highest BCUT2D eigenvalue weighted by Crippen LogP contribution is 2.30. The van der Waals surface area contributed by atoms with Crippen LogP contribution in [0.4, 0.5) is 19.1 Å². The number of likely N-dealkylation sites (tertiary alicyclic amines) is 1. The minimum atomic E-state index is -4.88. The summed E-state index contributed by atoms with van der Waals surface area (Å²) < 4.78 is 42.2. The van der Waals surface area contributed by atoms with E-state index in [4.69, 9.17) is 11.6 Å². The highest BCUT2D eigenvalue weighted by atomic mass is 35.5. The maximum atomic E-state index is 13.1. The Kier molecular flexibility index (Phi) is 6.46. The lowest BCUT2D eigenvalue weighted by Crippen LogP contribution is -2.51. The van der Waals surface area contributed by atoms with Gasteiger partial charge in [0.1, 0.15) is 5.75 Å². The van der Waals surface area contributed by atoms with Gasteiger partial charge in [0.25, 0.3) is 5.91 Å². The fourth-order valence-corrected chi connectivity index (χ4v) is 3.52. The Morgan fingerprint density at radius 2 is 2.00 bits per heavy atom. The van der Waals surface area contributed by atoms with Crippen LogP contribution in [0.1, 0.15) is 30.1 Å². The molecule has 0 bridgehead atoms. The van der Waals surface area contributed by atoms with Crippen molar-refractivity contribution in [3.63, 3.8) is 0 Å². The third kappa shape index (κ3) is 5.50. The zero-order valence-corrected chi connectivity index (χ0v) is 16.4. The summed E-state index contributed by atoms with van der Waals surface area (Å²) in [6.45, 7) is 2.81. The average molecular weight is 429 g/mol.